The fourth-order valence-electron chi connectivity index (χ4n) is 0. The van der Waals surface area contributed by atoms with E-state index in [4.69, 9.17) is 0 Å². The van der Waals surface area contributed by atoms with Crippen molar-refractivity contribution in [3.8, 4) is 0 Å². The summed E-state index contributed by atoms with van der Waals surface area (Å²) in [5.74, 6) is 0. The topological polar surface area (TPSA) is 63.0 Å². The van der Waals surface area contributed by atoms with Gasteiger partial charge in [-0.15, -0.1) is 0 Å². The van der Waals surface area contributed by atoms with Crippen LogP contribution in [0.4, 0.5) is 14.2 Å². The van der Waals surface area contributed by atoms with E-state index in [1.807, 2.05) is 0 Å². The first-order valence-corrected chi connectivity index (χ1v) is 2.36. The van der Waals surface area contributed by atoms with E-state index in [9.17, 15) is 14.2 Å². The molecular formula is H4F4MnO2. The average Bonchev–Trinajstić information content (AvgIpc) is 0.722. The molecule has 0 aromatic carbocycles. The second-order valence-electron chi connectivity index (χ2n) is 0.324. The summed E-state index contributed by atoms with van der Waals surface area (Å²) in [4.78, 5) is 0. The fraction of sp³-hybridized carbons (Fsp3) is 0. The van der Waals surface area contributed by atoms with E-state index in [1.165, 1.54) is 0 Å². The summed E-state index contributed by atoms with van der Waals surface area (Å²) >= 11 is -6.62. The van der Waals surface area contributed by atoms with Gasteiger partial charge in [0.05, 0.1) is 0 Å². The first-order valence-electron chi connectivity index (χ1n) is 0.571. The predicted octanol–water partition coefficient (Wildman–Crippen LogP) is 0.0289. The van der Waals surface area contributed by atoms with Crippen LogP contribution in [-0.2, 0) is 14.7 Å². The van der Waals surface area contributed by atoms with Crippen molar-refractivity contribution >= 4 is 0 Å². The van der Waals surface area contributed by atoms with Crippen molar-refractivity contribution < 1.29 is 39.8 Å². The van der Waals surface area contributed by atoms with Crippen LogP contribution in [0.5, 0.6) is 0 Å². The Balaban J connectivity index is -0.0000000800. The summed E-state index contributed by atoms with van der Waals surface area (Å²) in [7, 11) is 0. The van der Waals surface area contributed by atoms with Gasteiger partial charge in [0.25, 0.3) is 0 Å². The van der Waals surface area contributed by atoms with Crippen LogP contribution in [0, 0.1) is 0 Å². The SMILES string of the molecule is O.O.[F][Mn]([F])([F])[F]. The van der Waals surface area contributed by atoms with Crippen LogP contribution in [0.2, 0.25) is 0 Å². The number of hydrogen-bond donors (Lipinski definition) is 0. The van der Waals surface area contributed by atoms with E-state index < -0.39 is 14.7 Å². The summed E-state index contributed by atoms with van der Waals surface area (Å²) in [6.45, 7) is 0. The van der Waals surface area contributed by atoms with Gasteiger partial charge < -0.3 is 11.0 Å². The maximum absolute atomic E-state index is 9.83. The molecular weight excluding hydrogens is 163 g/mol. The zero-order valence-electron chi connectivity index (χ0n) is 2.89. The number of rotatable bonds is 0. The van der Waals surface area contributed by atoms with Crippen molar-refractivity contribution in [1.82, 2.24) is 0 Å². The van der Waals surface area contributed by atoms with Crippen LogP contribution < -0.4 is 0 Å². The van der Waals surface area contributed by atoms with Crippen molar-refractivity contribution in [2.45, 2.75) is 0 Å². The molecule has 0 saturated heterocycles. The molecule has 0 bridgehead atoms. The zero-order chi connectivity index (χ0) is 4.50. The Bertz CT molecular complexity index is 25.2. The van der Waals surface area contributed by atoms with E-state index in [2.05, 4.69) is 0 Å². The Hall–Kier alpha value is 0.159. The first-order chi connectivity index (χ1) is 2.00. The molecule has 0 amide bonds. The summed E-state index contributed by atoms with van der Waals surface area (Å²) in [6.07, 6.45) is 0. The minimum atomic E-state index is -6.62. The normalized spacial score (nSPS) is 10.9. The van der Waals surface area contributed by atoms with Crippen LogP contribution in [0.25, 0.3) is 0 Å². The van der Waals surface area contributed by atoms with E-state index >= 15 is 0 Å². The van der Waals surface area contributed by atoms with Crippen LogP contribution >= 0.6 is 0 Å². The van der Waals surface area contributed by atoms with E-state index in [0.29, 0.717) is 0 Å². The number of hydrogen-bond acceptors (Lipinski definition) is 0. The molecule has 0 aromatic rings. The average molecular weight is 167 g/mol. The predicted molar refractivity (Wildman–Crippen MR) is 11.7 cm³/mol. The minimum absolute atomic E-state index is 0. The molecule has 0 aliphatic heterocycles. The second-order valence-corrected chi connectivity index (χ2v) is 1.34. The molecule has 0 aromatic heterocycles. The third kappa shape index (κ3) is 4190. The van der Waals surface area contributed by atoms with Gasteiger partial charge in [0.15, 0.2) is 0 Å². The van der Waals surface area contributed by atoms with Crippen LogP contribution in [0.1, 0.15) is 0 Å². The van der Waals surface area contributed by atoms with Crippen molar-refractivity contribution in [3.63, 3.8) is 0 Å². The first kappa shape index (κ1) is 15.7. The van der Waals surface area contributed by atoms with Gasteiger partial charge in [-0.1, -0.05) is 0 Å². The van der Waals surface area contributed by atoms with E-state index in [0.717, 1.165) is 0 Å². The number of halogens is 4. The third-order valence-corrected chi connectivity index (χ3v) is 0. The molecule has 4 N–H and O–H groups in total. The Morgan fingerprint density at radius 2 is 0.714 bits per heavy atom. The van der Waals surface area contributed by atoms with Crippen LogP contribution in [0.3, 0.4) is 0 Å². The Labute approximate surface area is 40.8 Å². The fourth-order valence-corrected chi connectivity index (χ4v) is 0. The maximum atomic E-state index is 9.83. The van der Waals surface area contributed by atoms with Crippen molar-refractivity contribution in [2.75, 3.05) is 0 Å². The Kier molecular flexibility index (Phi) is 9.69. The monoisotopic (exact) mass is 167 g/mol. The molecule has 0 aliphatic carbocycles. The van der Waals surface area contributed by atoms with Crippen LogP contribution in [0.15, 0.2) is 0 Å². The van der Waals surface area contributed by atoms with Crippen molar-refractivity contribution in [2.24, 2.45) is 0 Å². The van der Waals surface area contributed by atoms with Gasteiger partial charge >= 0.3 is 28.9 Å². The zero-order valence-corrected chi connectivity index (χ0v) is 4.07. The summed E-state index contributed by atoms with van der Waals surface area (Å²) < 4.78 is 39.3. The summed E-state index contributed by atoms with van der Waals surface area (Å²) in [5.41, 5.74) is 0. The molecule has 0 rings (SSSR count). The van der Waals surface area contributed by atoms with E-state index in [1.54, 1.807) is 0 Å². The molecule has 0 radical (unpaired) electrons. The Morgan fingerprint density at radius 1 is 0.714 bits per heavy atom. The van der Waals surface area contributed by atoms with Gasteiger partial charge in [0.2, 0.25) is 0 Å². The molecule has 51 valence electrons. The molecule has 0 heterocycles. The molecule has 0 saturated carbocycles. The standard InChI is InChI=1S/4FH.Mn.2H2O/h4*1H;;2*1H2/q;;;;+4;;/p-4. The van der Waals surface area contributed by atoms with Gasteiger partial charge in [0.1, 0.15) is 0 Å². The summed E-state index contributed by atoms with van der Waals surface area (Å²) in [5, 5.41) is 0. The molecule has 2 nitrogen and oxygen atoms in total. The second kappa shape index (κ2) is 4.32. The van der Waals surface area contributed by atoms with Gasteiger partial charge in [0, 0.05) is 0 Å². The van der Waals surface area contributed by atoms with Crippen LogP contribution in [-0.4, -0.2) is 11.0 Å². The van der Waals surface area contributed by atoms with Crippen molar-refractivity contribution in [1.29, 1.82) is 0 Å². The molecule has 0 aliphatic rings. The molecule has 0 fully saturated rings. The molecule has 0 atom stereocenters. The quantitative estimate of drug-likeness (QED) is 0.361. The van der Waals surface area contributed by atoms with Gasteiger partial charge in [-0.2, -0.15) is 0 Å². The van der Waals surface area contributed by atoms with Gasteiger partial charge in [-0.25, -0.2) is 0 Å². The van der Waals surface area contributed by atoms with Gasteiger partial charge in [-0.3, -0.25) is 0 Å². The van der Waals surface area contributed by atoms with Gasteiger partial charge in [-0.05, 0) is 0 Å². The summed E-state index contributed by atoms with van der Waals surface area (Å²) in [6, 6.07) is 0. The molecule has 7 heteroatoms. The van der Waals surface area contributed by atoms with Crippen molar-refractivity contribution in [3.05, 3.63) is 0 Å². The van der Waals surface area contributed by atoms with E-state index in [-0.39, 0.29) is 11.0 Å². The molecule has 0 spiro atoms. The molecule has 7 heavy (non-hydrogen) atoms. The third-order valence-electron chi connectivity index (χ3n) is 0. The Morgan fingerprint density at radius 3 is 0.714 bits per heavy atom. The molecule has 0 unspecified atom stereocenters.